The van der Waals surface area contributed by atoms with Crippen molar-refractivity contribution < 1.29 is 0 Å². The highest BCUT2D eigenvalue weighted by molar-refractivity contribution is 7.18. The summed E-state index contributed by atoms with van der Waals surface area (Å²) in [7, 11) is 0. The summed E-state index contributed by atoms with van der Waals surface area (Å²) in [6, 6.07) is 4.19. The molecule has 2 nitrogen and oxygen atoms in total. The molecule has 0 radical (unpaired) electrons. The van der Waals surface area contributed by atoms with E-state index in [0.29, 0.717) is 5.92 Å². The molecule has 82 valence electrons. The second kappa shape index (κ2) is 3.39. The molecule has 0 N–H and O–H groups in total. The SMILES string of the molecule is Cc1nc2ccc3c(c2s1)CC(C(C)C)=N3. The van der Waals surface area contributed by atoms with Crippen molar-refractivity contribution in [3.8, 4) is 0 Å². The van der Waals surface area contributed by atoms with E-state index >= 15 is 0 Å². The van der Waals surface area contributed by atoms with Crippen molar-refractivity contribution in [2.75, 3.05) is 0 Å². The van der Waals surface area contributed by atoms with Crippen molar-refractivity contribution in [1.29, 1.82) is 0 Å². The summed E-state index contributed by atoms with van der Waals surface area (Å²) >= 11 is 1.79. The third-order valence-corrected chi connectivity index (χ3v) is 4.08. The lowest BCUT2D eigenvalue weighted by Gasteiger charge is -2.02. The van der Waals surface area contributed by atoms with Crippen LogP contribution in [0.3, 0.4) is 0 Å². The van der Waals surface area contributed by atoms with Crippen LogP contribution in [0.2, 0.25) is 0 Å². The largest absolute Gasteiger partial charge is 0.257 e. The zero-order valence-electron chi connectivity index (χ0n) is 9.74. The van der Waals surface area contributed by atoms with Gasteiger partial charge in [-0.15, -0.1) is 11.3 Å². The molecule has 1 aliphatic rings. The maximum atomic E-state index is 4.71. The third kappa shape index (κ3) is 1.39. The van der Waals surface area contributed by atoms with E-state index in [1.165, 1.54) is 16.0 Å². The van der Waals surface area contributed by atoms with E-state index in [9.17, 15) is 0 Å². The number of nitrogens with zero attached hydrogens (tertiary/aromatic N) is 2. The number of rotatable bonds is 1. The van der Waals surface area contributed by atoms with E-state index in [0.717, 1.165) is 22.6 Å². The Kier molecular flexibility index (Phi) is 2.11. The molecule has 0 atom stereocenters. The Hall–Kier alpha value is -1.22. The molecule has 3 heteroatoms. The number of fused-ring (bicyclic) bond motifs is 3. The molecule has 1 aromatic carbocycles. The summed E-state index contributed by atoms with van der Waals surface area (Å²) in [4.78, 5) is 9.23. The molecule has 0 bridgehead atoms. The van der Waals surface area contributed by atoms with Gasteiger partial charge in [0.1, 0.15) is 0 Å². The van der Waals surface area contributed by atoms with Crippen LogP contribution in [0, 0.1) is 12.8 Å². The lowest BCUT2D eigenvalue weighted by Crippen LogP contribution is -2.06. The van der Waals surface area contributed by atoms with Gasteiger partial charge in [0.15, 0.2) is 0 Å². The monoisotopic (exact) mass is 230 g/mol. The fourth-order valence-corrected chi connectivity index (χ4v) is 3.09. The van der Waals surface area contributed by atoms with Gasteiger partial charge in [-0.25, -0.2) is 4.98 Å². The molecule has 0 saturated carbocycles. The molecule has 0 fully saturated rings. The van der Waals surface area contributed by atoms with Gasteiger partial charge >= 0.3 is 0 Å². The van der Waals surface area contributed by atoms with Gasteiger partial charge < -0.3 is 0 Å². The van der Waals surface area contributed by atoms with E-state index in [1.807, 2.05) is 0 Å². The van der Waals surface area contributed by atoms with Gasteiger partial charge in [-0.3, -0.25) is 4.99 Å². The number of benzene rings is 1. The van der Waals surface area contributed by atoms with E-state index in [1.54, 1.807) is 11.3 Å². The van der Waals surface area contributed by atoms with Gasteiger partial charge in [0, 0.05) is 17.7 Å². The number of hydrogen-bond donors (Lipinski definition) is 0. The Balaban J connectivity index is 2.18. The Morgan fingerprint density at radius 1 is 1.31 bits per heavy atom. The van der Waals surface area contributed by atoms with Crippen LogP contribution in [0.4, 0.5) is 5.69 Å². The van der Waals surface area contributed by atoms with Crippen molar-refractivity contribution in [3.63, 3.8) is 0 Å². The second-order valence-electron chi connectivity index (χ2n) is 4.58. The van der Waals surface area contributed by atoms with Gasteiger partial charge in [0.05, 0.1) is 20.9 Å². The Morgan fingerprint density at radius 2 is 2.12 bits per heavy atom. The number of aliphatic imine (C=N–C) groups is 1. The quantitative estimate of drug-likeness (QED) is 0.729. The van der Waals surface area contributed by atoms with Crippen molar-refractivity contribution in [2.45, 2.75) is 27.2 Å². The lowest BCUT2D eigenvalue weighted by atomic mass is 10.0. The third-order valence-electron chi connectivity index (χ3n) is 3.03. The van der Waals surface area contributed by atoms with E-state index < -0.39 is 0 Å². The zero-order chi connectivity index (χ0) is 11.3. The predicted octanol–water partition coefficient (Wildman–Crippen LogP) is 3.89. The van der Waals surface area contributed by atoms with Gasteiger partial charge in [0.2, 0.25) is 0 Å². The maximum Gasteiger partial charge on any atom is 0.0907 e. The van der Waals surface area contributed by atoms with Crippen molar-refractivity contribution in [3.05, 3.63) is 22.7 Å². The van der Waals surface area contributed by atoms with E-state index in [-0.39, 0.29) is 0 Å². The first-order chi connectivity index (χ1) is 7.65. The summed E-state index contributed by atoms with van der Waals surface area (Å²) in [5, 5.41) is 1.14. The van der Waals surface area contributed by atoms with Crippen LogP contribution in [0.15, 0.2) is 17.1 Å². The highest BCUT2D eigenvalue weighted by atomic mass is 32.1. The topological polar surface area (TPSA) is 25.2 Å². The highest BCUT2D eigenvalue weighted by Crippen LogP contribution is 2.37. The average Bonchev–Trinajstić information content (AvgIpc) is 2.77. The van der Waals surface area contributed by atoms with Gasteiger partial charge in [0.25, 0.3) is 0 Å². The van der Waals surface area contributed by atoms with E-state index in [4.69, 9.17) is 4.99 Å². The van der Waals surface area contributed by atoms with Crippen molar-refractivity contribution in [1.82, 2.24) is 4.98 Å². The van der Waals surface area contributed by atoms with Crippen LogP contribution in [0.25, 0.3) is 10.2 Å². The first-order valence-electron chi connectivity index (χ1n) is 5.61. The highest BCUT2D eigenvalue weighted by Gasteiger charge is 2.20. The molecule has 2 heterocycles. The maximum absolute atomic E-state index is 4.71. The van der Waals surface area contributed by atoms with Crippen LogP contribution >= 0.6 is 11.3 Å². The molecule has 0 spiro atoms. The summed E-state index contributed by atoms with van der Waals surface area (Å²) < 4.78 is 1.33. The fraction of sp³-hybridized carbons (Fsp3) is 0.385. The molecule has 0 amide bonds. The van der Waals surface area contributed by atoms with Crippen LogP contribution in [-0.2, 0) is 6.42 Å². The van der Waals surface area contributed by atoms with Gasteiger partial charge in [-0.2, -0.15) is 0 Å². The van der Waals surface area contributed by atoms with Crippen LogP contribution in [0.1, 0.15) is 24.4 Å². The minimum Gasteiger partial charge on any atom is -0.257 e. The van der Waals surface area contributed by atoms with Crippen molar-refractivity contribution in [2.24, 2.45) is 10.9 Å². The minimum absolute atomic E-state index is 0.538. The zero-order valence-corrected chi connectivity index (χ0v) is 10.6. The molecule has 2 aromatic rings. The predicted molar refractivity (Wildman–Crippen MR) is 70.0 cm³/mol. The summed E-state index contributed by atoms with van der Waals surface area (Å²) in [6.07, 6.45) is 1.01. The standard InChI is InChI=1S/C13H14N2S/c1-7(2)12-6-9-10(15-12)4-5-11-13(9)16-8(3)14-11/h4-5,7H,6H2,1-3H3. The van der Waals surface area contributed by atoms with Crippen LogP contribution < -0.4 is 0 Å². The molecule has 3 rings (SSSR count). The number of aryl methyl sites for hydroxylation is 1. The normalized spacial score (nSPS) is 14.6. The van der Waals surface area contributed by atoms with Gasteiger partial charge in [-0.05, 0) is 25.0 Å². The minimum atomic E-state index is 0.538. The molecule has 0 saturated heterocycles. The fourth-order valence-electron chi connectivity index (χ4n) is 2.13. The summed E-state index contributed by atoms with van der Waals surface area (Å²) in [6.45, 7) is 6.48. The Bertz CT molecular complexity index is 593. The Labute approximate surface area is 99.1 Å². The summed E-state index contributed by atoms with van der Waals surface area (Å²) in [5.74, 6) is 0.538. The number of aromatic nitrogens is 1. The van der Waals surface area contributed by atoms with Crippen LogP contribution in [-0.4, -0.2) is 10.7 Å². The summed E-state index contributed by atoms with van der Waals surface area (Å²) in [5.41, 5.74) is 4.96. The first-order valence-corrected chi connectivity index (χ1v) is 6.43. The van der Waals surface area contributed by atoms with Crippen molar-refractivity contribution >= 4 is 33.0 Å². The second-order valence-corrected chi connectivity index (χ2v) is 5.78. The molecule has 1 aliphatic heterocycles. The number of hydrogen-bond acceptors (Lipinski definition) is 3. The molecular formula is C13H14N2S. The molecule has 0 unspecified atom stereocenters. The average molecular weight is 230 g/mol. The first kappa shape index (κ1) is 9.97. The lowest BCUT2D eigenvalue weighted by molar-refractivity contribution is 0.872. The van der Waals surface area contributed by atoms with E-state index in [2.05, 4.69) is 37.9 Å². The molecule has 0 aliphatic carbocycles. The van der Waals surface area contributed by atoms with Gasteiger partial charge in [-0.1, -0.05) is 13.8 Å². The number of thiazole rings is 1. The molecule has 1 aromatic heterocycles. The smallest absolute Gasteiger partial charge is 0.0907 e. The molecule has 16 heavy (non-hydrogen) atoms. The Morgan fingerprint density at radius 3 is 2.88 bits per heavy atom. The molecular weight excluding hydrogens is 216 g/mol. The van der Waals surface area contributed by atoms with Crippen LogP contribution in [0.5, 0.6) is 0 Å².